The molecular weight excluding hydrogens is 311 g/mol. The van der Waals surface area contributed by atoms with Gasteiger partial charge in [0, 0.05) is 6.07 Å². The zero-order valence-corrected chi connectivity index (χ0v) is 12.6. The van der Waals surface area contributed by atoms with Crippen LogP contribution in [0.3, 0.4) is 0 Å². The van der Waals surface area contributed by atoms with Gasteiger partial charge in [-0.05, 0) is 30.3 Å². The first-order valence-corrected chi connectivity index (χ1v) is 8.03. The molecule has 0 fully saturated rings. The number of sulfonamides is 1. The number of benzene rings is 1. The topological polar surface area (TPSA) is 77.5 Å². The summed E-state index contributed by atoms with van der Waals surface area (Å²) in [5.41, 5.74) is 0.336. The standard InChI is InChI=1S/C14H15FN2O4S/c1-20-14-7-4-12(10-16-14)17-22(18,19)9-8-21-13-5-2-11(15)3-6-13/h2-7,10,17H,8-9H2,1H3. The summed E-state index contributed by atoms with van der Waals surface area (Å²) in [4.78, 5) is 3.90. The van der Waals surface area contributed by atoms with Crippen molar-refractivity contribution in [3.05, 3.63) is 48.4 Å². The van der Waals surface area contributed by atoms with Crippen LogP contribution >= 0.6 is 0 Å². The third kappa shape index (κ3) is 4.88. The average Bonchev–Trinajstić information content (AvgIpc) is 2.49. The minimum Gasteiger partial charge on any atom is -0.492 e. The fourth-order valence-corrected chi connectivity index (χ4v) is 2.48. The van der Waals surface area contributed by atoms with Crippen LogP contribution in [0, 0.1) is 5.82 Å². The Hall–Kier alpha value is -2.35. The van der Waals surface area contributed by atoms with Crippen LogP contribution in [0.5, 0.6) is 11.6 Å². The van der Waals surface area contributed by atoms with E-state index in [2.05, 4.69) is 9.71 Å². The maximum absolute atomic E-state index is 12.7. The van der Waals surface area contributed by atoms with Crippen LogP contribution in [0.1, 0.15) is 0 Å². The van der Waals surface area contributed by atoms with Gasteiger partial charge in [-0.25, -0.2) is 17.8 Å². The molecule has 1 aromatic heterocycles. The third-order valence-corrected chi connectivity index (χ3v) is 3.90. The highest BCUT2D eigenvalue weighted by molar-refractivity contribution is 7.92. The minimum absolute atomic E-state index is 0.0510. The summed E-state index contributed by atoms with van der Waals surface area (Å²) in [6.07, 6.45) is 1.36. The van der Waals surface area contributed by atoms with E-state index >= 15 is 0 Å². The van der Waals surface area contributed by atoms with Gasteiger partial charge in [-0.2, -0.15) is 0 Å². The van der Waals surface area contributed by atoms with E-state index in [1.54, 1.807) is 12.1 Å². The molecule has 1 heterocycles. The predicted molar refractivity (Wildman–Crippen MR) is 80.1 cm³/mol. The molecule has 0 radical (unpaired) electrons. The van der Waals surface area contributed by atoms with Crippen molar-refractivity contribution in [3.8, 4) is 11.6 Å². The normalized spacial score (nSPS) is 11.0. The maximum Gasteiger partial charge on any atom is 0.236 e. The summed E-state index contributed by atoms with van der Waals surface area (Å²) in [6.45, 7) is -0.0510. The molecule has 22 heavy (non-hydrogen) atoms. The van der Waals surface area contributed by atoms with Gasteiger partial charge in [0.1, 0.15) is 23.9 Å². The summed E-state index contributed by atoms with van der Waals surface area (Å²) < 4.78 is 49.0. The molecule has 0 unspecified atom stereocenters. The van der Waals surface area contributed by atoms with Crippen LogP contribution in [0.15, 0.2) is 42.6 Å². The van der Waals surface area contributed by atoms with Gasteiger partial charge in [-0.3, -0.25) is 4.72 Å². The van der Waals surface area contributed by atoms with Crippen molar-refractivity contribution in [2.75, 3.05) is 24.2 Å². The molecule has 0 saturated heterocycles. The van der Waals surface area contributed by atoms with Crippen molar-refractivity contribution in [2.45, 2.75) is 0 Å². The van der Waals surface area contributed by atoms with Crippen LogP contribution < -0.4 is 14.2 Å². The number of nitrogens with zero attached hydrogens (tertiary/aromatic N) is 1. The second-order valence-electron chi connectivity index (χ2n) is 4.31. The molecule has 0 atom stereocenters. The monoisotopic (exact) mass is 326 g/mol. The lowest BCUT2D eigenvalue weighted by atomic mass is 10.3. The molecule has 0 aliphatic rings. The van der Waals surface area contributed by atoms with Gasteiger partial charge in [0.05, 0.1) is 19.0 Å². The molecule has 0 spiro atoms. The van der Waals surface area contributed by atoms with Crippen LogP contribution in [0.4, 0.5) is 10.1 Å². The van der Waals surface area contributed by atoms with Crippen molar-refractivity contribution in [3.63, 3.8) is 0 Å². The van der Waals surface area contributed by atoms with E-state index in [-0.39, 0.29) is 18.2 Å². The number of rotatable bonds is 7. The van der Waals surface area contributed by atoms with E-state index in [0.29, 0.717) is 17.3 Å². The highest BCUT2D eigenvalue weighted by atomic mass is 32.2. The maximum atomic E-state index is 12.7. The van der Waals surface area contributed by atoms with Crippen molar-refractivity contribution < 1.29 is 22.3 Å². The van der Waals surface area contributed by atoms with Crippen LogP contribution in [-0.4, -0.2) is 32.9 Å². The zero-order chi connectivity index (χ0) is 16.0. The van der Waals surface area contributed by atoms with Gasteiger partial charge in [0.15, 0.2) is 0 Å². The Morgan fingerprint density at radius 1 is 1.18 bits per heavy atom. The van der Waals surface area contributed by atoms with E-state index in [4.69, 9.17) is 9.47 Å². The third-order valence-electron chi connectivity index (χ3n) is 2.65. The Bertz CT molecular complexity index is 703. The lowest BCUT2D eigenvalue weighted by Crippen LogP contribution is -2.21. The second-order valence-corrected chi connectivity index (χ2v) is 6.15. The molecule has 1 aromatic carbocycles. The molecule has 0 saturated carbocycles. The first-order valence-electron chi connectivity index (χ1n) is 6.37. The fraction of sp³-hybridized carbons (Fsp3) is 0.214. The van der Waals surface area contributed by atoms with Gasteiger partial charge in [0.25, 0.3) is 0 Å². The van der Waals surface area contributed by atoms with E-state index < -0.39 is 10.0 Å². The zero-order valence-electron chi connectivity index (χ0n) is 11.8. The number of nitrogens with one attached hydrogen (secondary N) is 1. The molecule has 0 amide bonds. The molecule has 0 aliphatic heterocycles. The molecule has 2 aromatic rings. The summed E-state index contributed by atoms with van der Waals surface area (Å²) in [6, 6.07) is 8.44. The van der Waals surface area contributed by atoms with Crippen molar-refractivity contribution in [1.82, 2.24) is 4.98 Å². The van der Waals surface area contributed by atoms with Gasteiger partial charge in [-0.15, -0.1) is 0 Å². The number of hydrogen-bond acceptors (Lipinski definition) is 5. The number of ether oxygens (including phenoxy) is 2. The Labute approximate surface area is 128 Å². The molecule has 8 heteroatoms. The number of halogens is 1. The largest absolute Gasteiger partial charge is 0.492 e. The van der Waals surface area contributed by atoms with E-state index in [9.17, 15) is 12.8 Å². The number of aromatic nitrogens is 1. The smallest absolute Gasteiger partial charge is 0.236 e. The number of anilines is 1. The Balaban J connectivity index is 1.86. The first-order chi connectivity index (χ1) is 10.5. The van der Waals surface area contributed by atoms with Gasteiger partial charge in [-0.1, -0.05) is 0 Å². The van der Waals surface area contributed by atoms with E-state index in [0.717, 1.165) is 0 Å². The van der Waals surface area contributed by atoms with Crippen molar-refractivity contribution in [2.24, 2.45) is 0 Å². The van der Waals surface area contributed by atoms with Crippen LogP contribution in [0.2, 0.25) is 0 Å². The van der Waals surface area contributed by atoms with E-state index in [1.165, 1.54) is 37.6 Å². The fourth-order valence-electron chi connectivity index (χ4n) is 1.59. The number of methoxy groups -OCH3 is 1. The first kappa shape index (κ1) is 16.0. The highest BCUT2D eigenvalue weighted by Crippen LogP contribution is 2.13. The molecule has 1 N–H and O–H groups in total. The highest BCUT2D eigenvalue weighted by Gasteiger charge is 2.11. The van der Waals surface area contributed by atoms with Gasteiger partial charge >= 0.3 is 0 Å². The van der Waals surface area contributed by atoms with Crippen LogP contribution in [0.25, 0.3) is 0 Å². The summed E-state index contributed by atoms with van der Waals surface area (Å²) >= 11 is 0. The van der Waals surface area contributed by atoms with Crippen molar-refractivity contribution >= 4 is 15.7 Å². The molecule has 6 nitrogen and oxygen atoms in total. The lowest BCUT2D eigenvalue weighted by Gasteiger charge is -2.09. The quantitative estimate of drug-likeness (QED) is 0.842. The second kappa shape index (κ2) is 7.08. The SMILES string of the molecule is COc1ccc(NS(=O)(=O)CCOc2ccc(F)cc2)cn1. The Kier molecular flexibility index (Phi) is 5.16. The molecule has 0 aliphatic carbocycles. The van der Waals surface area contributed by atoms with Crippen LogP contribution in [-0.2, 0) is 10.0 Å². The lowest BCUT2D eigenvalue weighted by molar-refractivity contribution is 0.340. The Morgan fingerprint density at radius 3 is 2.50 bits per heavy atom. The summed E-state index contributed by atoms with van der Waals surface area (Å²) in [7, 11) is -2.09. The molecule has 118 valence electrons. The predicted octanol–water partition coefficient (Wildman–Crippen LogP) is 2.05. The summed E-state index contributed by atoms with van der Waals surface area (Å²) in [5.74, 6) is 0.176. The minimum atomic E-state index is -3.56. The van der Waals surface area contributed by atoms with Gasteiger partial charge in [0.2, 0.25) is 15.9 Å². The molecule has 2 rings (SSSR count). The average molecular weight is 326 g/mol. The number of hydrogen-bond donors (Lipinski definition) is 1. The van der Waals surface area contributed by atoms with Crippen molar-refractivity contribution in [1.29, 1.82) is 0 Å². The van der Waals surface area contributed by atoms with Gasteiger partial charge < -0.3 is 9.47 Å². The Morgan fingerprint density at radius 2 is 1.91 bits per heavy atom. The molecular formula is C14H15FN2O4S. The molecule has 0 bridgehead atoms. The number of pyridine rings is 1. The van der Waals surface area contributed by atoms with E-state index in [1.807, 2.05) is 0 Å². The summed E-state index contributed by atoms with van der Waals surface area (Å²) in [5, 5.41) is 0.